The summed E-state index contributed by atoms with van der Waals surface area (Å²) in [5.41, 5.74) is 8.92. The number of rotatable bonds is 5. The molecule has 0 spiro atoms. The Kier molecular flexibility index (Phi) is 4.33. The van der Waals surface area contributed by atoms with Gasteiger partial charge in [0.1, 0.15) is 0 Å². The highest BCUT2D eigenvalue weighted by Gasteiger charge is 2.38. The minimum absolute atomic E-state index is 0.194. The average Bonchev–Trinajstić information content (AvgIpc) is 2.81. The van der Waals surface area contributed by atoms with Gasteiger partial charge in [0.15, 0.2) is 0 Å². The SMILES string of the molecule is CCNCc1ccc(N2CCC(C)(C(N)=O)C2)cc1C. The predicted molar refractivity (Wildman–Crippen MR) is 82.7 cm³/mol. The Morgan fingerprint density at radius 1 is 1.50 bits per heavy atom. The number of hydrogen-bond acceptors (Lipinski definition) is 3. The van der Waals surface area contributed by atoms with Gasteiger partial charge in [-0.1, -0.05) is 13.0 Å². The van der Waals surface area contributed by atoms with Crippen LogP contribution in [0.2, 0.25) is 0 Å². The van der Waals surface area contributed by atoms with E-state index >= 15 is 0 Å². The van der Waals surface area contributed by atoms with Crippen LogP contribution in [0.3, 0.4) is 0 Å². The number of aryl methyl sites for hydroxylation is 1. The topological polar surface area (TPSA) is 58.4 Å². The maximum atomic E-state index is 11.5. The number of carbonyl (C=O) groups is 1. The fourth-order valence-electron chi connectivity index (χ4n) is 2.72. The molecule has 0 aliphatic carbocycles. The summed E-state index contributed by atoms with van der Waals surface area (Å²) in [6, 6.07) is 6.53. The Balaban J connectivity index is 2.11. The summed E-state index contributed by atoms with van der Waals surface area (Å²) in [7, 11) is 0. The van der Waals surface area contributed by atoms with Gasteiger partial charge in [0.25, 0.3) is 0 Å². The molecule has 1 aromatic carbocycles. The van der Waals surface area contributed by atoms with Crippen LogP contribution < -0.4 is 16.0 Å². The van der Waals surface area contributed by atoms with Crippen LogP contribution in [0.5, 0.6) is 0 Å². The third kappa shape index (κ3) is 2.96. The van der Waals surface area contributed by atoms with Crippen molar-refractivity contribution in [1.29, 1.82) is 0 Å². The molecule has 1 atom stereocenters. The third-order valence-corrected chi connectivity index (χ3v) is 4.32. The van der Waals surface area contributed by atoms with Gasteiger partial charge < -0.3 is 16.0 Å². The highest BCUT2D eigenvalue weighted by molar-refractivity contribution is 5.82. The number of nitrogens with two attached hydrogens (primary N) is 1. The number of anilines is 1. The number of carbonyl (C=O) groups excluding carboxylic acids is 1. The normalized spacial score (nSPS) is 22.2. The number of nitrogens with zero attached hydrogens (tertiary/aromatic N) is 1. The minimum Gasteiger partial charge on any atom is -0.370 e. The molecule has 2 rings (SSSR count). The Bertz CT molecular complexity index is 500. The van der Waals surface area contributed by atoms with E-state index in [-0.39, 0.29) is 5.91 Å². The molecule has 1 aromatic rings. The van der Waals surface area contributed by atoms with Crippen molar-refractivity contribution in [3.8, 4) is 0 Å². The maximum absolute atomic E-state index is 11.5. The number of benzene rings is 1. The van der Waals surface area contributed by atoms with Gasteiger partial charge >= 0.3 is 0 Å². The van der Waals surface area contributed by atoms with Crippen LogP contribution in [0.4, 0.5) is 5.69 Å². The molecule has 1 aliphatic heterocycles. The smallest absolute Gasteiger partial charge is 0.225 e. The lowest BCUT2D eigenvalue weighted by molar-refractivity contribution is -0.125. The zero-order valence-corrected chi connectivity index (χ0v) is 12.7. The van der Waals surface area contributed by atoms with Crippen LogP contribution in [0.1, 0.15) is 31.4 Å². The Hall–Kier alpha value is -1.55. The Labute approximate surface area is 121 Å². The van der Waals surface area contributed by atoms with Crippen LogP contribution >= 0.6 is 0 Å². The highest BCUT2D eigenvalue weighted by Crippen LogP contribution is 2.33. The van der Waals surface area contributed by atoms with Crippen LogP contribution in [-0.2, 0) is 11.3 Å². The third-order valence-electron chi connectivity index (χ3n) is 4.32. The van der Waals surface area contributed by atoms with E-state index in [1.54, 1.807) is 0 Å². The van der Waals surface area contributed by atoms with E-state index in [4.69, 9.17) is 5.73 Å². The zero-order chi connectivity index (χ0) is 14.8. The van der Waals surface area contributed by atoms with Crippen molar-refractivity contribution in [3.63, 3.8) is 0 Å². The quantitative estimate of drug-likeness (QED) is 0.861. The van der Waals surface area contributed by atoms with E-state index < -0.39 is 5.41 Å². The van der Waals surface area contributed by atoms with Crippen molar-refractivity contribution in [2.24, 2.45) is 11.1 Å². The van der Waals surface area contributed by atoms with Crippen molar-refractivity contribution in [3.05, 3.63) is 29.3 Å². The van der Waals surface area contributed by atoms with E-state index in [0.717, 1.165) is 26.1 Å². The standard InChI is InChI=1S/C16H25N3O/c1-4-18-10-13-5-6-14(9-12(13)2)19-8-7-16(3,11-19)15(17)20/h5-6,9,18H,4,7-8,10-11H2,1-3H3,(H2,17,20). The van der Waals surface area contributed by atoms with E-state index in [1.807, 2.05) is 6.92 Å². The second-order valence-electron chi connectivity index (χ2n) is 5.99. The van der Waals surface area contributed by atoms with E-state index in [1.165, 1.54) is 16.8 Å². The molecule has 0 aromatic heterocycles. The zero-order valence-electron chi connectivity index (χ0n) is 12.7. The van der Waals surface area contributed by atoms with E-state index in [9.17, 15) is 4.79 Å². The van der Waals surface area contributed by atoms with Crippen molar-refractivity contribution in [1.82, 2.24) is 5.32 Å². The molecule has 20 heavy (non-hydrogen) atoms. The molecule has 0 bridgehead atoms. The number of nitrogens with one attached hydrogen (secondary N) is 1. The van der Waals surface area contributed by atoms with Gasteiger partial charge in [-0.15, -0.1) is 0 Å². The minimum atomic E-state index is -0.393. The molecule has 1 amide bonds. The average molecular weight is 275 g/mol. The highest BCUT2D eigenvalue weighted by atomic mass is 16.1. The van der Waals surface area contributed by atoms with Gasteiger partial charge in [0.05, 0.1) is 5.41 Å². The molecule has 1 aliphatic rings. The molecule has 110 valence electrons. The first kappa shape index (κ1) is 14.9. The van der Waals surface area contributed by atoms with Crippen LogP contribution in [0, 0.1) is 12.3 Å². The summed E-state index contributed by atoms with van der Waals surface area (Å²) in [4.78, 5) is 13.8. The van der Waals surface area contributed by atoms with Crippen LogP contribution in [0.15, 0.2) is 18.2 Å². The van der Waals surface area contributed by atoms with E-state index in [0.29, 0.717) is 6.54 Å². The first-order valence-corrected chi connectivity index (χ1v) is 7.31. The van der Waals surface area contributed by atoms with Gasteiger partial charge in [0.2, 0.25) is 5.91 Å². The molecular formula is C16H25N3O. The van der Waals surface area contributed by atoms with Gasteiger partial charge in [-0.3, -0.25) is 4.79 Å². The second kappa shape index (κ2) is 5.83. The van der Waals surface area contributed by atoms with E-state index in [2.05, 4.69) is 42.3 Å². The van der Waals surface area contributed by atoms with Crippen LogP contribution in [-0.4, -0.2) is 25.5 Å². The summed E-state index contributed by atoms with van der Waals surface area (Å²) >= 11 is 0. The van der Waals surface area contributed by atoms with Gasteiger partial charge in [-0.2, -0.15) is 0 Å². The first-order valence-electron chi connectivity index (χ1n) is 7.31. The number of primary amides is 1. The number of hydrogen-bond donors (Lipinski definition) is 2. The fraction of sp³-hybridized carbons (Fsp3) is 0.562. The molecule has 3 N–H and O–H groups in total. The summed E-state index contributed by atoms with van der Waals surface area (Å²) in [5.74, 6) is -0.194. The molecule has 1 unspecified atom stereocenters. The van der Waals surface area contributed by atoms with Gasteiger partial charge in [-0.25, -0.2) is 0 Å². The Morgan fingerprint density at radius 3 is 2.80 bits per heavy atom. The molecule has 0 saturated carbocycles. The lowest BCUT2D eigenvalue weighted by Gasteiger charge is -2.23. The summed E-state index contributed by atoms with van der Waals surface area (Å²) < 4.78 is 0. The molecule has 4 heteroatoms. The largest absolute Gasteiger partial charge is 0.370 e. The first-order chi connectivity index (χ1) is 9.46. The lowest BCUT2D eigenvalue weighted by atomic mass is 9.89. The van der Waals surface area contributed by atoms with Gasteiger partial charge in [-0.05, 0) is 50.1 Å². The summed E-state index contributed by atoms with van der Waals surface area (Å²) in [6.45, 7) is 9.70. The molecule has 4 nitrogen and oxygen atoms in total. The predicted octanol–water partition coefficient (Wildman–Crippen LogP) is 1.81. The molecule has 1 heterocycles. The van der Waals surface area contributed by atoms with Crippen molar-refractivity contribution < 1.29 is 4.79 Å². The maximum Gasteiger partial charge on any atom is 0.225 e. The molecule has 0 radical (unpaired) electrons. The van der Waals surface area contributed by atoms with Crippen molar-refractivity contribution in [2.75, 3.05) is 24.5 Å². The summed E-state index contributed by atoms with van der Waals surface area (Å²) in [5, 5.41) is 3.35. The van der Waals surface area contributed by atoms with Gasteiger partial charge in [0, 0.05) is 25.3 Å². The monoisotopic (exact) mass is 275 g/mol. The Morgan fingerprint density at radius 2 is 2.25 bits per heavy atom. The second-order valence-corrected chi connectivity index (χ2v) is 5.99. The molecule has 1 saturated heterocycles. The molecule has 1 fully saturated rings. The number of amides is 1. The lowest BCUT2D eigenvalue weighted by Crippen LogP contribution is -2.37. The van der Waals surface area contributed by atoms with Crippen LogP contribution in [0.25, 0.3) is 0 Å². The molecular weight excluding hydrogens is 250 g/mol. The van der Waals surface area contributed by atoms with Crippen molar-refractivity contribution >= 4 is 11.6 Å². The fourth-order valence-corrected chi connectivity index (χ4v) is 2.72. The van der Waals surface area contributed by atoms with Crippen molar-refractivity contribution in [2.45, 2.75) is 33.7 Å². The summed E-state index contributed by atoms with van der Waals surface area (Å²) in [6.07, 6.45) is 0.834.